The molecular formula is C22H17F2N7O. The number of hydrogen-bond acceptors (Lipinski definition) is 6. The Kier molecular flexibility index (Phi) is 4.39. The SMILES string of the molecule is Fc1ccc2ncn(-c3ncc4nc(-c5ccc(F)nc5)n(C5CCOCC5)c4n3)c2c1. The molecule has 5 heterocycles. The predicted octanol–water partition coefficient (Wildman–Crippen LogP) is 3.86. The van der Waals surface area contributed by atoms with E-state index < -0.39 is 5.95 Å². The first-order valence-corrected chi connectivity index (χ1v) is 10.2. The summed E-state index contributed by atoms with van der Waals surface area (Å²) in [5, 5.41) is 0. The number of imidazole rings is 2. The van der Waals surface area contributed by atoms with Crippen LogP contribution in [0, 0.1) is 11.8 Å². The molecule has 0 amide bonds. The summed E-state index contributed by atoms with van der Waals surface area (Å²) < 4.78 is 36.5. The molecule has 0 unspecified atom stereocenters. The maximum absolute atomic E-state index is 13.8. The third-order valence-electron chi connectivity index (χ3n) is 5.69. The Balaban J connectivity index is 1.56. The number of ether oxygens (including phenoxy) is 1. The van der Waals surface area contributed by atoms with Crippen molar-refractivity contribution in [2.45, 2.75) is 18.9 Å². The molecule has 32 heavy (non-hydrogen) atoms. The number of fused-ring (bicyclic) bond motifs is 2. The molecule has 4 aromatic heterocycles. The second-order valence-electron chi connectivity index (χ2n) is 7.65. The van der Waals surface area contributed by atoms with Gasteiger partial charge in [0, 0.05) is 37.1 Å². The lowest BCUT2D eigenvalue weighted by atomic mass is 10.1. The Hall–Kier alpha value is -3.79. The fraction of sp³-hybridized carbons (Fsp3) is 0.227. The number of hydrogen-bond donors (Lipinski definition) is 0. The van der Waals surface area contributed by atoms with Crippen molar-refractivity contribution in [1.82, 2.24) is 34.1 Å². The summed E-state index contributed by atoms with van der Waals surface area (Å²) in [5.41, 5.74) is 3.15. The van der Waals surface area contributed by atoms with E-state index in [-0.39, 0.29) is 11.9 Å². The Labute approximate surface area is 180 Å². The molecule has 0 saturated carbocycles. The fourth-order valence-electron chi connectivity index (χ4n) is 4.14. The molecule has 1 aromatic carbocycles. The number of halogens is 2. The van der Waals surface area contributed by atoms with Crippen molar-refractivity contribution in [3.63, 3.8) is 0 Å². The molecule has 0 N–H and O–H groups in total. The second kappa shape index (κ2) is 7.41. The summed E-state index contributed by atoms with van der Waals surface area (Å²) in [5.74, 6) is 0.0948. The molecule has 0 radical (unpaired) electrons. The molecule has 0 atom stereocenters. The largest absolute Gasteiger partial charge is 0.381 e. The van der Waals surface area contributed by atoms with Crippen LogP contribution in [-0.4, -0.2) is 47.3 Å². The van der Waals surface area contributed by atoms with E-state index in [0.29, 0.717) is 52.7 Å². The predicted molar refractivity (Wildman–Crippen MR) is 112 cm³/mol. The van der Waals surface area contributed by atoms with Gasteiger partial charge in [-0.3, -0.25) is 4.57 Å². The van der Waals surface area contributed by atoms with E-state index in [4.69, 9.17) is 14.7 Å². The molecule has 5 aromatic rings. The van der Waals surface area contributed by atoms with Gasteiger partial charge in [0.05, 0.1) is 17.2 Å². The molecule has 6 rings (SSSR count). The standard InChI is InChI=1S/C22H17F2N7O/c23-14-2-3-16-18(9-14)30(12-27-16)22-26-11-17-21(29-22)31(15-5-7-32-8-6-15)20(28-17)13-1-4-19(24)25-10-13/h1-4,9-12,15H,5-8H2. The van der Waals surface area contributed by atoms with Crippen molar-refractivity contribution in [2.24, 2.45) is 0 Å². The minimum absolute atomic E-state index is 0.105. The topological polar surface area (TPSA) is 83.5 Å². The summed E-state index contributed by atoms with van der Waals surface area (Å²) in [7, 11) is 0. The van der Waals surface area contributed by atoms with Gasteiger partial charge in [-0.05, 0) is 37.1 Å². The van der Waals surface area contributed by atoms with Gasteiger partial charge in [0.1, 0.15) is 23.5 Å². The molecule has 0 spiro atoms. The first-order valence-electron chi connectivity index (χ1n) is 10.2. The smallest absolute Gasteiger partial charge is 0.237 e. The van der Waals surface area contributed by atoms with Crippen molar-refractivity contribution in [3.05, 3.63) is 60.8 Å². The lowest BCUT2D eigenvalue weighted by molar-refractivity contribution is 0.0708. The van der Waals surface area contributed by atoms with Crippen LogP contribution in [0.3, 0.4) is 0 Å². The second-order valence-corrected chi connectivity index (χ2v) is 7.65. The van der Waals surface area contributed by atoms with Crippen molar-refractivity contribution < 1.29 is 13.5 Å². The highest BCUT2D eigenvalue weighted by Crippen LogP contribution is 2.32. The van der Waals surface area contributed by atoms with Gasteiger partial charge in [0.15, 0.2) is 5.65 Å². The van der Waals surface area contributed by atoms with E-state index in [1.807, 2.05) is 0 Å². The first kappa shape index (κ1) is 18.9. The number of nitrogens with zero attached hydrogens (tertiary/aromatic N) is 7. The van der Waals surface area contributed by atoms with E-state index in [2.05, 4.69) is 19.5 Å². The third kappa shape index (κ3) is 3.11. The van der Waals surface area contributed by atoms with Crippen LogP contribution >= 0.6 is 0 Å². The molecular weight excluding hydrogens is 416 g/mol. The van der Waals surface area contributed by atoms with Crippen LogP contribution < -0.4 is 0 Å². The van der Waals surface area contributed by atoms with Gasteiger partial charge < -0.3 is 9.30 Å². The van der Waals surface area contributed by atoms with Gasteiger partial charge in [0.2, 0.25) is 11.9 Å². The lowest BCUT2D eigenvalue weighted by Gasteiger charge is -2.25. The minimum Gasteiger partial charge on any atom is -0.381 e. The highest BCUT2D eigenvalue weighted by Gasteiger charge is 2.24. The van der Waals surface area contributed by atoms with Gasteiger partial charge in [-0.15, -0.1) is 0 Å². The zero-order chi connectivity index (χ0) is 21.7. The van der Waals surface area contributed by atoms with Crippen molar-refractivity contribution in [2.75, 3.05) is 13.2 Å². The van der Waals surface area contributed by atoms with Crippen LogP contribution in [0.25, 0.3) is 39.5 Å². The molecule has 160 valence electrons. The summed E-state index contributed by atoms with van der Waals surface area (Å²) in [4.78, 5) is 22.1. The molecule has 8 nitrogen and oxygen atoms in total. The molecule has 1 saturated heterocycles. The van der Waals surface area contributed by atoms with Gasteiger partial charge in [-0.1, -0.05) is 0 Å². The molecule has 1 fully saturated rings. The monoisotopic (exact) mass is 433 g/mol. The molecule has 10 heteroatoms. The zero-order valence-corrected chi connectivity index (χ0v) is 16.8. The fourth-order valence-corrected chi connectivity index (χ4v) is 4.14. The van der Waals surface area contributed by atoms with Crippen LogP contribution in [0.5, 0.6) is 0 Å². The molecule has 0 aliphatic carbocycles. The number of rotatable bonds is 3. The molecule has 1 aliphatic rings. The van der Waals surface area contributed by atoms with Crippen LogP contribution in [0.15, 0.2) is 49.1 Å². The Morgan fingerprint density at radius 3 is 2.59 bits per heavy atom. The van der Waals surface area contributed by atoms with E-state index >= 15 is 0 Å². The average Bonchev–Trinajstić information content (AvgIpc) is 3.41. The number of aromatic nitrogens is 7. The van der Waals surface area contributed by atoms with E-state index in [0.717, 1.165) is 12.8 Å². The first-order chi connectivity index (χ1) is 15.7. The van der Waals surface area contributed by atoms with Gasteiger partial charge in [-0.25, -0.2) is 24.3 Å². The molecule has 0 bridgehead atoms. The van der Waals surface area contributed by atoms with E-state index in [1.54, 1.807) is 29.2 Å². The third-order valence-corrected chi connectivity index (χ3v) is 5.69. The van der Waals surface area contributed by atoms with Gasteiger partial charge in [-0.2, -0.15) is 9.37 Å². The number of benzene rings is 1. The minimum atomic E-state index is -0.552. The van der Waals surface area contributed by atoms with Gasteiger partial charge >= 0.3 is 0 Å². The van der Waals surface area contributed by atoms with Crippen molar-refractivity contribution in [1.29, 1.82) is 0 Å². The van der Waals surface area contributed by atoms with Crippen LogP contribution in [-0.2, 0) is 4.74 Å². The van der Waals surface area contributed by atoms with Crippen LogP contribution in [0.2, 0.25) is 0 Å². The summed E-state index contributed by atoms with van der Waals surface area (Å²) in [6.45, 7) is 1.27. The molecule has 1 aliphatic heterocycles. The zero-order valence-electron chi connectivity index (χ0n) is 16.8. The van der Waals surface area contributed by atoms with Crippen LogP contribution in [0.1, 0.15) is 18.9 Å². The summed E-state index contributed by atoms with van der Waals surface area (Å²) in [6, 6.07) is 7.46. The highest BCUT2D eigenvalue weighted by atomic mass is 19.1. The lowest BCUT2D eigenvalue weighted by Crippen LogP contribution is -2.20. The maximum atomic E-state index is 13.8. The van der Waals surface area contributed by atoms with E-state index in [9.17, 15) is 8.78 Å². The Morgan fingerprint density at radius 1 is 0.906 bits per heavy atom. The van der Waals surface area contributed by atoms with Crippen molar-refractivity contribution >= 4 is 22.2 Å². The maximum Gasteiger partial charge on any atom is 0.237 e. The quantitative estimate of drug-likeness (QED) is 0.402. The average molecular weight is 433 g/mol. The summed E-state index contributed by atoms with van der Waals surface area (Å²) >= 11 is 0. The Bertz CT molecular complexity index is 1440. The highest BCUT2D eigenvalue weighted by molar-refractivity contribution is 5.79. The normalized spacial score (nSPS) is 15.1. The van der Waals surface area contributed by atoms with Gasteiger partial charge in [0.25, 0.3) is 0 Å². The van der Waals surface area contributed by atoms with Crippen molar-refractivity contribution in [3.8, 4) is 17.3 Å². The van der Waals surface area contributed by atoms with Crippen LogP contribution in [0.4, 0.5) is 8.78 Å². The number of pyridine rings is 1. The Morgan fingerprint density at radius 2 is 1.78 bits per heavy atom. The summed E-state index contributed by atoms with van der Waals surface area (Å²) in [6.07, 6.45) is 6.27. The van der Waals surface area contributed by atoms with E-state index in [1.165, 1.54) is 24.4 Å².